The Kier molecular flexibility index (Phi) is 4.13. The Balaban J connectivity index is 1.99. The van der Waals surface area contributed by atoms with Gasteiger partial charge in [0.15, 0.2) is 0 Å². The third-order valence-corrected chi connectivity index (χ3v) is 4.42. The molecule has 0 radical (unpaired) electrons. The van der Waals surface area contributed by atoms with Gasteiger partial charge in [0.25, 0.3) is 0 Å². The minimum Gasteiger partial charge on any atom is -0.259 e. The first-order chi connectivity index (χ1) is 10.7. The minimum absolute atomic E-state index is 0.0705. The maximum Gasteiger partial charge on any atom is 0.0933 e. The fourth-order valence-corrected chi connectivity index (χ4v) is 3.32. The van der Waals surface area contributed by atoms with Crippen LogP contribution in [0.25, 0.3) is 0 Å². The zero-order chi connectivity index (χ0) is 15.5. The third-order valence-electron chi connectivity index (χ3n) is 4.42. The van der Waals surface area contributed by atoms with E-state index >= 15 is 0 Å². The topological polar surface area (TPSA) is 58.5 Å². The van der Waals surface area contributed by atoms with Crippen LogP contribution in [-0.2, 0) is 0 Å². The first-order valence-electron chi connectivity index (χ1n) is 7.67. The Labute approximate surface area is 130 Å². The van der Waals surface area contributed by atoms with Crippen molar-refractivity contribution >= 4 is 0 Å². The molecule has 1 fully saturated rings. The van der Waals surface area contributed by atoms with Crippen molar-refractivity contribution in [3.05, 3.63) is 64.1 Å². The Morgan fingerprint density at radius 1 is 1.00 bits per heavy atom. The summed E-state index contributed by atoms with van der Waals surface area (Å²) >= 11 is 0. The number of hydrogen-bond donors (Lipinski definition) is 0. The molecule has 0 aromatic carbocycles. The molecule has 0 N–H and O–H groups in total. The number of pyridine rings is 2. The van der Waals surface area contributed by atoms with Crippen molar-refractivity contribution in [2.24, 2.45) is 5.29 Å². The van der Waals surface area contributed by atoms with Crippen LogP contribution in [0.4, 0.5) is 0 Å². The van der Waals surface area contributed by atoms with Gasteiger partial charge in [0.1, 0.15) is 0 Å². The summed E-state index contributed by atoms with van der Waals surface area (Å²) in [5, 5.41) is 5.01. The highest BCUT2D eigenvalue weighted by molar-refractivity contribution is 5.25. The maximum atomic E-state index is 11.6. The molecule has 2 atom stereocenters. The summed E-state index contributed by atoms with van der Waals surface area (Å²) in [4.78, 5) is 20.5. The van der Waals surface area contributed by atoms with Gasteiger partial charge in [0.2, 0.25) is 0 Å². The number of piperidine rings is 1. The zero-order valence-corrected chi connectivity index (χ0v) is 12.9. The lowest BCUT2D eigenvalue weighted by molar-refractivity contribution is 0.0778. The van der Waals surface area contributed by atoms with E-state index in [1.54, 1.807) is 17.4 Å². The second kappa shape index (κ2) is 6.22. The number of hydrogen-bond acceptors (Lipinski definition) is 4. The van der Waals surface area contributed by atoms with Gasteiger partial charge in [-0.1, -0.05) is 12.1 Å². The fourth-order valence-electron chi connectivity index (χ4n) is 3.32. The Hall–Kier alpha value is -2.30. The van der Waals surface area contributed by atoms with Crippen molar-refractivity contribution in [1.29, 1.82) is 0 Å². The van der Waals surface area contributed by atoms with E-state index in [0.29, 0.717) is 0 Å². The summed E-state index contributed by atoms with van der Waals surface area (Å²) in [5.41, 5.74) is 4.08. The second-order valence-corrected chi connectivity index (χ2v) is 5.84. The molecule has 0 aliphatic carbocycles. The molecule has 114 valence electrons. The number of nitroso groups, excluding NO2 is 1. The SMILES string of the molecule is Cc1cccnc1C1CCCC(c2ncccc2C)N1N=O. The van der Waals surface area contributed by atoms with Gasteiger partial charge < -0.3 is 0 Å². The predicted octanol–water partition coefficient (Wildman–Crippen LogP) is 4.04. The molecule has 0 saturated carbocycles. The van der Waals surface area contributed by atoms with Crippen molar-refractivity contribution in [3.63, 3.8) is 0 Å². The number of aryl methyl sites for hydroxylation is 2. The van der Waals surface area contributed by atoms with Crippen LogP contribution in [0.15, 0.2) is 41.9 Å². The van der Waals surface area contributed by atoms with Crippen LogP contribution in [0.5, 0.6) is 0 Å². The van der Waals surface area contributed by atoms with E-state index in [4.69, 9.17) is 0 Å². The molecule has 0 bridgehead atoms. The molecular formula is C17H20N4O. The highest BCUT2D eigenvalue weighted by Gasteiger charge is 2.35. The van der Waals surface area contributed by atoms with Crippen LogP contribution in [0, 0.1) is 18.8 Å². The second-order valence-electron chi connectivity index (χ2n) is 5.84. The molecule has 1 aliphatic heterocycles. The van der Waals surface area contributed by atoms with E-state index in [2.05, 4.69) is 15.3 Å². The molecule has 1 aliphatic rings. The highest BCUT2D eigenvalue weighted by Crippen LogP contribution is 2.42. The molecule has 3 heterocycles. The highest BCUT2D eigenvalue weighted by atomic mass is 16.3. The smallest absolute Gasteiger partial charge is 0.0933 e. The maximum absolute atomic E-state index is 11.6. The van der Waals surface area contributed by atoms with Crippen molar-refractivity contribution in [2.45, 2.75) is 45.2 Å². The Morgan fingerprint density at radius 3 is 1.91 bits per heavy atom. The van der Waals surface area contributed by atoms with E-state index in [1.807, 2.05) is 38.1 Å². The van der Waals surface area contributed by atoms with Gasteiger partial charge in [-0.25, -0.2) is 5.01 Å². The van der Waals surface area contributed by atoms with Crippen molar-refractivity contribution in [3.8, 4) is 0 Å². The molecule has 0 amide bonds. The Bertz CT molecular complexity index is 620. The molecule has 1 saturated heterocycles. The van der Waals surface area contributed by atoms with Crippen molar-refractivity contribution < 1.29 is 0 Å². The number of aromatic nitrogens is 2. The summed E-state index contributed by atoms with van der Waals surface area (Å²) in [6, 6.07) is 7.75. The summed E-state index contributed by atoms with van der Waals surface area (Å²) in [6.45, 7) is 4.06. The molecule has 2 aromatic heterocycles. The standard InChI is InChI=1S/C17H20N4O/c1-12-6-4-10-18-16(12)14-8-3-9-15(21(14)20-22)17-13(2)7-5-11-19-17/h4-7,10-11,14-15H,3,8-9H2,1-2H3. The fraction of sp³-hybridized carbons (Fsp3) is 0.412. The van der Waals surface area contributed by atoms with Gasteiger partial charge in [-0.3, -0.25) is 9.97 Å². The molecular weight excluding hydrogens is 276 g/mol. The average molecular weight is 296 g/mol. The molecule has 2 aromatic rings. The van der Waals surface area contributed by atoms with Gasteiger partial charge >= 0.3 is 0 Å². The molecule has 5 nitrogen and oxygen atoms in total. The van der Waals surface area contributed by atoms with Crippen LogP contribution < -0.4 is 0 Å². The lowest BCUT2D eigenvalue weighted by atomic mass is 9.90. The zero-order valence-electron chi connectivity index (χ0n) is 12.9. The van der Waals surface area contributed by atoms with Gasteiger partial charge in [0.05, 0.1) is 28.8 Å². The molecule has 3 rings (SSSR count). The third kappa shape index (κ3) is 2.58. The molecule has 22 heavy (non-hydrogen) atoms. The largest absolute Gasteiger partial charge is 0.259 e. The number of rotatable bonds is 3. The quantitative estimate of drug-likeness (QED) is 0.802. The van der Waals surface area contributed by atoms with Crippen LogP contribution in [0.1, 0.15) is 53.9 Å². The molecule has 5 heteroatoms. The monoisotopic (exact) mass is 296 g/mol. The summed E-state index contributed by atoms with van der Waals surface area (Å²) < 4.78 is 0. The normalized spacial score (nSPS) is 21.6. The summed E-state index contributed by atoms with van der Waals surface area (Å²) in [5.74, 6) is 0. The van der Waals surface area contributed by atoms with Crippen molar-refractivity contribution in [2.75, 3.05) is 0 Å². The van der Waals surface area contributed by atoms with Crippen LogP contribution in [0.2, 0.25) is 0 Å². The van der Waals surface area contributed by atoms with E-state index in [-0.39, 0.29) is 12.1 Å². The number of nitrogens with zero attached hydrogens (tertiary/aromatic N) is 4. The van der Waals surface area contributed by atoms with Gasteiger partial charge in [0, 0.05) is 12.4 Å². The van der Waals surface area contributed by atoms with Crippen LogP contribution in [0.3, 0.4) is 0 Å². The van der Waals surface area contributed by atoms with E-state index < -0.39 is 0 Å². The van der Waals surface area contributed by atoms with Gasteiger partial charge in [-0.05, 0) is 56.4 Å². The summed E-state index contributed by atoms with van der Waals surface area (Å²) in [6.07, 6.45) is 6.38. The minimum atomic E-state index is -0.0705. The molecule has 0 spiro atoms. The predicted molar refractivity (Wildman–Crippen MR) is 84.9 cm³/mol. The lowest BCUT2D eigenvalue weighted by Gasteiger charge is -2.38. The van der Waals surface area contributed by atoms with E-state index in [9.17, 15) is 4.91 Å². The Morgan fingerprint density at radius 2 is 1.50 bits per heavy atom. The van der Waals surface area contributed by atoms with Crippen molar-refractivity contribution in [1.82, 2.24) is 15.0 Å². The van der Waals surface area contributed by atoms with E-state index in [0.717, 1.165) is 41.8 Å². The lowest BCUT2D eigenvalue weighted by Crippen LogP contribution is -2.33. The summed E-state index contributed by atoms with van der Waals surface area (Å²) in [7, 11) is 0. The van der Waals surface area contributed by atoms with Crippen LogP contribution >= 0.6 is 0 Å². The van der Waals surface area contributed by atoms with Gasteiger partial charge in [-0.2, -0.15) is 0 Å². The average Bonchev–Trinajstić information content (AvgIpc) is 2.55. The first-order valence-corrected chi connectivity index (χ1v) is 7.67. The van der Waals surface area contributed by atoms with Crippen LogP contribution in [-0.4, -0.2) is 15.0 Å². The van der Waals surface area contributed by atoms with E-state index in [1.165, 1.54) is 0 Å². The first kappa shape index (κ1) is 14.6. The van der Waals surface area contributed by atoms with Gasteiger partial charge in [-0.15, -0.1) is 4.91 Å². The molecule has 2 unspecified atom stereocenters.